The van der Waals surface area contributed by atoms with Crippen LogP contribution in [0.25, 0.3) is 0 Å². The smallest absolute Gasteiger partial charge is 0.167 e. The summed E-state index contributed by atoms with van der Waals surface area (Å²) in [5.41, 5.74) is 2.70. The highest BCUT2D eigenvalue weighted by atomic mass is 79.9. The third-order valence-electron chi connectivity index (χ3n) is 3.31. The van der Waals surface area contributed by atoms with Gasteiger partial charge < -0.3 is 9.47 Å². The van der Waals surface area contributed by atoms with Crippen molar-refractivity contribution in [2.24, 2.45) is 0 Å². The summed E-state index contributed by atoms with van der Waals surface area (Å²) in [5, 5.41) is 0. The molecule has 21 heavy (non-hydrogen) atoms. The topological polar surface area (TPSA) is 35.5 Å². The molecule has 0 radical (unpaired) electrons. The van der Waals surface area contributed by atoms with Gasteiger partial charge in [-0.3, -0.25) is 4.79 Å². The molecule has 2 rings (SSSR count). The Morgan fingerprint density at radius 2 is 1.76 bits per heavy atom. The van der Waals surface area contributed by atoms with E-state index in [2.05, 4.69) is 15.9 Å². The molecule has 0 aromatic heterocycles. The molecule has 0 amide bonds. The van der Waals surface area contributed by atoms with Gasteiger partial charge in [0.2, 0.25) is 0 Å². The van der Waals surface area contributed by atoms with E-state index in [1.807, 2.05) is 43.3 Å². The lowest BCUT2D eigenvalue weighted by atomic mass is 10.0. The van der Waals surface area contributed by atoms with Gasteiger partial charge in [-0.15, -0.1) is 0 Å². The molecular weight excluding hydrogens is 332 g/mol. The molecule has 0 heterocycles. The van der Waals surface area contributed by atoms with E-state index in [1.54, 1.807) is 14.2 Å². The van der Waals surface area contributed by atoms with Gasteiger partial charge in [0, 0.05) is 16.5 Å². The zero-order valence-corrected chi connectivity index (χ0v) is 13.9. The Kier molecular flexibility index (Phi) is 5.02. The maximum Gasteiger partial charge on any atom is 0.167 e. The lowest BCUT2D eigenvalue weighted by Crippen LogP contribution is -2.04. The minimum absolute atomic E-state index is 0.0721. The SMILES string of the molecule is COc1ccc(CC(=O)c2ccc(C)c(Br)c2)cc1OC. The van der Waals surface area contributed by atoms with Crippen LogP contribution >= 0.6 is 15.9 Å². The van der Waals surface area contributed by atoms with E-state index in [4.69, 9.17) is 9.47 Å². The van der Waals surface area contributed by atoms with Crippen molar-refractivity contribution < 1.29 is 14.3 Å². The zero-order chi connectivity index (χ0) is 15.4. The lowest BCUT2D eigenvalue weighted by Gasteiger charge is -2.09. The average molecular weight is 349 g/mol. The number of rotatable bonds is 5. The van der Waals surface area contributed by atoms with Crippen LogP contribution in [0.3, 0.4) is 0 Å². The summed E-state index contributed by atoms with van der Waals surface area (Å²) in [6.45, 7) is 1.99. The third kappa shape index (κ3) is 3.64. The molecule has 0 aliphatic rings. The number of hydrogen-bond donors (Lipinski definition) is 0. The van der Waals surface area contributed by atoms with Gasteiger partial charge in [-0.1, -0.05) is 34.1 Å². The predicted octanol–water partition coefficient (Wildman–Crippen LogP) is 4.20. The summed E-state index contributed by atoms with van der Waals surface area (Å²) in [4.78, 5) is 12.3. The number of carbonyl (C=O) groups excluding carboxylic acids is 1. The monoisotopic (exact) mass is 348 g/mol. The van der Waals surface area contributed by atoms with Crippen molar-refractivity contribution >= 4 is 21.7 Å². The molecule has 0 saturated heterocycles. The molecular formula is C17H17BrO3. The first-order valence-corrected chi connectivity index (χ1v) is 7.34. The van der Waals surface area contributed by atoms with E-state index < -0.39 is 0 Å². The molecule has 4 heteroatoms. The van der Waals surface area contributed by atoms with Gasteiger partial charge in [0.05, 0.1) is 14.2 Å². The summed E-state index contributed by atoms with van der Waals surface area (Å²) < 4.78 is 11.4. The van der Waals surface area contributed by atoms with Crippen LogP contribution in [0.4, 0.5) is 0 Å². The maximum absolute atomic E-state index is 12.3. The second-order valence-corrected chi connectivity index (χ2v) is 5.61. The fourth-order valence-corrected chi connectivity index (χ4v) is 2.42. The van der Waals surface area contributed by atoms with Crippen LogP contribution in [-0.4, -0.2) is 20.0 Å². The van der Waals surface area contributed by atoms with E-state index >= 15 is 0 Å². The number of aryl methyl sites for hydroxylation is 1. The number of halogens is 1. The number of carbonyl (C=O) groups is 1. The number of Topliss-reactive ketones (excluding diaryl/α,β-unsaturated/α-hetero) is 1. The second-order valence-electron chi connectivity index (χ2n) is 4.75. The van der Waals surface area contributed by atoms with Crippen molar-refractivity contribution in [3.05, 3.63) is 57.6 Å². The summed E-state index contributed by atoms with van der Waals surface area (Å²) in [6.07, 6.45) is 0.329. The number of hydrogen-bond acceptors (Lipinski definition) is 3. The van der Waals surface area contributed by atoms with Crippen LogP contribution in [-0.2, 0) is 6.42 Å². The first kappa shape index (κ1) is 15.6. The van der Waals surface area contributed by atoms with E-state index in [9.17, 15) is 4.79 Å². The summed E-state index contributed by atoms with van der Waals surface area (Å²) in [7, 11) is 3.17. The Morgan fingerprint density at radius 3 is 2.38 bits per heavy atom. The van der Waals surface area contributed by atoms with Gasteiger partial charge in [-0.25, -0.2) is 0 Å². The van der Waals surface area contributed by atoms with Crippen LogP contribution in [0.15, 0.2) is 40.9 Å². The quantitative estimate of drug-likeness (QED) is 0.759. The Morgan fingerprint density at radius 1 is 1.05 bits per heavy atom. The van der Waals surface area contributed by atoms with E-state index in [0.29, 0.717) is 23.5 Å². The van der Waals surface area contributed by atoms with Crippen molar-refractivity contribution in [2.45, 2.75) is 13.3 Å². The Labute approximate surface area is 133 Å². The Balaban J connectivity index is 2.21. The molecule has 0 fully saturated rings. The number of ether oxygens (including phenoxy) is 2. The fourth-order valence-electron chi connectivity index (χ4n) is 2.04. The highest BCUT2D eigenvalue weighted by molar-refractivity contribution is 9.10. The van der Waals surface area contributed by atoms with E-state index in [1.165, 1.54) is 0 Å². The van der Waals surface area contributed by atoms with Gasteiger partial charge >= 0.3 is 0 Å². The minimum atomic E-state index is 0.0721. The zero-order valence-electron chi connectivity index (χ0n) is 12.3. The molecule has 0 bridgehead atoms. The lowest BCUT2D eigenvalue weighted by molar-refractivity contribution is 0.0993. The molecule has 3 nitrogen and oxygen atoms in total. The van der Waals surface area contributed by atoms with Crippen molar-refractivity contribution in [3.63, 3.8) is 0 Å². The van der Waals surface area contributed by atoms with E-state index in [0.717, 1.165) is 15.6 Å². The highest BCUT2D eigenvalue weighted by Gasteiger charge is 2.11. The van der Waals surface area contributed by atoms with Crippen molar-refractivity contribution in [3.8, 4) is 11.5 Å². The number of benzene rings is 2. The second kappa shape index (κ2) is 6.76. The molecule has 0 aliphatic carbocycles. The molecule has 0 atom stereocenters. The first-order valence-electron chi connectivity index (χ1n) is 6.55. The molecule has 110 valence electrons. The molecule has 0 spiro atoms. The van der Waals surface area contributed by atoms with Crippen molar-refractivity contribution in [1.29, 1.82) is 0 Å². The van der Waals surface area contributed by atoms with Crippen LogP contribution in [0.5, 0.6) is 11.5 Å². The molecule has 0 aliphatic heterocycles. The van der Waals surface area contributed by atoms with Crippen molar-refractivity contribution in [1.82, 2.24) is 0 Å². The predicted molar refractivity (Wildman–Crippen MR) is 86.5 cm³/mol. The average Bonchev–Trinajstić information content (AvgIpc) is 2.49. The van der Waals surface area contributed by atoms with Gasteiger partial charge in [-0.05, 0) is 36.2 Å². The maximum atomic E-state index is 12.3. The van der Waals surface area contributed by atoms with Crippen molar-refractivity contribution in [2.75, 3.05) is 14.2 Å². The normalized spacial score (nSPS) is 10.3. The van der Waals surface area contributed by atoms with Crippen LogP contribution < -0.4 is 9.47 Å². The Bertz CT molecular complexity index is 665. The summed E-state index contributed by atoms with van der Waals surface area (Å²) in [6, 6.07) is 11.2. The number of ketones is 1. The molecule has 0 unspecified atom stereocenters. The van der Waals surface area contributed by atoms with Crippen LogP contribution in [0, 0.1) is 6.92 Å². The van der Waals surface area contributed by atoms with Crippen LogP contribution in [0.2, 0.25) is 0 Å². The van der Waals surface area contributed by atoms with Gasteiger partial charge in [0.1, 0.15) is 0 Å². The van der Waals surface area contributed by atoms with Gasteiger partial charge in [-0.2, -0.15) is 0 Å². The van der Waals surface area contributed by atoms with Gasteiger partial charge in [0.15, 0.2) is 17.3 Å². The Hall–Kier alpha value is -1.81. The number of methoxy groups -OCH3 is 2. The highest BCUT2D eigenvalue weighted by Crippen LogP contribution is 2.28. The minimum Gasteiger partial charge on any atom is -0.493 e. The summed E-state index contributed by atoms with van der Waals surface area (Å²) in [5.74, 6) is 1.36. The third-order valence-corrected chi connectivity index (χ3v) is 4.16. The standard InChI is InChI=1S/C17H17BrO3/c1-11-4-6-13(10-14(11)18)15(19)8-12-5-7-16(20-2)17(9-12)21-3/h4-7,9-10H,8H2,1-3H3. The molecule has 0 N–H and O–H groups in total. The molecule has 2 aromatic rings. The fraction of sp³-hybridized carbons (Fsp3) is 0.235. The van der Waals surface area contributed by atoms with E-state index in [-0.39, 0.29) is 5.78 Å². The molecule has 2 aromatic carbocycles. The van der Waals surface area contributed by atoms with Gasteiger partial charge in [0.25, 0.3) is 0 Å². The first-order chi connectivity index (χ1) is 10.0. The van der Waals surface area contributed by atoms with Crippen LogP contribution in [0.1, 0.15) is 21.5 Å². The summed E-state index contributed by atoms with van der Waals surface area (Å²) >= 11 is 3.45. The molecule has 0 saturated carbocycles. The largest absolute Gasteiger partial charge is 0.493 e.